The lowest BCUT2D eigenvalue weighted by atomic mass is 10.2. The Morgan fingerprint density at radius 1 is 1.36 bits per heavy atom. The average molecular weight is 321 g/mol. The highest BCUT2D eigenvalue weighted by Gasteiger charge is 2.37. The van der Waals surface area contributed by atoms with Crippen molar-refractivity contribution >= 4 is 15.5 Å². The lowest BCUT2D eigenvalue weighted by Gasteiger charge is -2.28. The fourth-order valence-corrected chi connectivity index (χ4v) is 5.07. The molecule has 0 saturated heterocycles. The first kappa shape index (κ1) is 15.5. The van der Waals surface area contributed by atoms with Crippen LogP contribution in [-0.2, 0) is 16.4 Å². The molecule has 2 aromatic rings. The van der Waals surface area contributed by atoms with Crippen LogP contribution in [-0.4, -0.2) is 47.3 Å². The number of fused-ring (bicyclic) bond motifs is 1. The number of rotatable bonds is 4. The molecule has 3 rings (SSSR count). The smallest absolute Gasteiger partial charge is 0.151 e. The van der Waals surface area contributed by atoms with Gasteiger partial charge in [-0.15, -0.1) is 0 Å². The summed E-state index contributed by atoms with van der Waals surface area (Å²) in [4.78, 5) is 6.79. The summed E-state index contributed by atoms with van der Waals surface area (Å²) < 4.78 is 26.0. The normalized spacial score (nSPS) is 22.7. The molecule has 0 unspecified atom stereocenters. The Morgan fingerprint density at radius 2 is 2.14 bits per heavy atom. The van der Waals surface area contributed by atoms with Gasteiger partial charge in [0, 0.05) is 30.7 Å². The van der Waals surface area contributed by atoms with Gasteiger partial charge < -0.3 is 4.40 Å². The van der Waals surface area contributed by atoms with Gasteiger partial charge in [-0.2, -0.15) is 0 Å². The molecular weight excluding hydrogens is 298 g/mol. The van der Waals surface area contributed by atoms with Gasteiger partial charge >= 0.3 is 0 Å². The van der Waals surface area contributed by atoms with Crippen LogP contribution in [0.5, 0.6) is 0 Å². The number of nitrogens with zero attached hydrogens (tertiary/aromatic N) is 3. The van der Waals surface area contributed by atoms with Crippen LogP contribution in [0.1, 0.15) is 30.7 Å². The molecule has 6 heteroatoms. The summed E-state index contributed by atoms with van der Waals surface area (Å²) in [5, 5.41) is -0.240. The molecule has 120 valence electrons. The third kappa shape index (κ3) is 2.90. The molecule has 2 aromatic heterocycles. The van der Waals surface area contributed by atoms with Crippen molar-refractivity contribution < 1.29 is 8.42 Å². The van der Waals surface area contributed by atoms with Crippen molar-refractivity contribution in [1.82, 2.24) is 14.3 Å². The number of pyridine rings is 1. The number of aromatic nitrogens is 2. The maximum absolute atomic E-state index is 11.9. The summed E-state index contributed by atoms with van der Waals surface area (Å²) in [5.74, 6) is 0. The molecule has 2 atom stereocenters. The fourth-order valence-electron chi connectivity index (χ4n) is 3.56. The first-order valence-corrected chi connectivity index (χ1v) is 9.64. The molecule has 5 nitrogen and oxygen atoms in total. The SMILES string of the molecule is Cc1cccc2nc(CN(C)[C@H]3CCC[C@@H]3S(C)(=O)=O)cn12. The van der Waals surface area contributed by atoms with Crippen LogP contribution in [0.3, 0.4) is 0 Å². The Labute approximate surface area is 131 Å². The van der Waals surface area contributed by atoms with E-state index in [1.165, 1.54) is 6.26 Å². The second-order valence-corrected chi connectivity index (χ2v) is 8.67. The number of hydrogen-bond acceptors (Lipinski definition) is 4. The fraction of sp³-hybridized carbons (Fsp3) is 0.562. The number of aryl methyl sites for hydroxylation is 1. The Balaban J connectivity index is 1.81. The van der Waals surface area contributed by atoms with Crippen molar-refractivity contribution in [3.8, 4) is 0 Å². The molecule has 1 fully saturated rings. The molecule has 0 bridgehead atoms. The minimum atomic E-state index is -2.99. The predicted octanol–water partition coefficient (Wildman–Crippen LogP) is 2.04. The van der Waals surface area contributed by atoms with Crippen LogP contribution in [0.2, 0.25) is 0 Å². The highest BCUT2D eigenvalue weighted by Crippen LogP contribution is 2.29. The summed E-state index contributed by atoms with van der Waals surface area (Å²) >= 11 is 0. The van der Waals surface area contributed by atoms with Gasteiger partial charge in [0.05, 0.1) is 10.9 Å². The van der Waals surface area contributed by atoms with Crippen LogP contribution in [0.4, 0.5) is 0 Å². The number of sulfone groups is 1. The Bertz CT molecular complexity index is 782. The molecule has 0 spiro atoms. The van der Waals surface area contributed by atoms with Gasteiger partial charge in [0.25, 0.3) is 0 Å². The van der Waals surface area contributed by atoms with Crippen LogP contribution < -0.4 is 0 Å². The number of hydrogen-bond donors (Lipinski definition) is 0. The summed E-state index contributed by atoms with van der Waals surface area (Å²) in [6, 6.07) is 6.15. The minimum absolute atomic E-state index is 0.0981. The van der Waals surface area contributed by atoms with Gasteiger partial charge in [-0.1, -0.05) is 12.5 Å². The van der Waals surface area contributed by atoms with Crippen molar-refractivity contribution in [2.45, 2.75) is 44.0 Å². The Morgan fingerprint density at radius 3 is 2.82 bits per heavy atom. The topological polar surface area (TPSA) is 54.7 Å². The molecule has 0 radical (unpaired) electrons. The number of imidazole rings is 1. The third-order valence-electron chi connectivity index (χ3n) is 4.69. The van der Waals surface area contributed by atoms with E-state index in [1.54, 1.807) is 0 Å². The van der Waals surface area contributed by atoms with Gasteiger partial charge in [-0.3, -0.25) is 4.90 Å². The average Bonchev–Trinajstić information content (AvgIpc) is 3.04. The van der Waals surface area contributed by atoms with Crippen LogP contribution in [0.25, 0.3) is 5.65 Å². The Hall–Kier alpha value is -1.40. The second kappa shape index (κ2) is 5.66. The summed E-state index contributed by atoms with van der Waals surface area (Å²) in [5.41, 5.74) is 3.07. The largest absolute Gasteiger partial charge is 0.304 e. The maximum atomic E-state index is 11.9. The van der Waals surface area contributed by atoms with E-state index in [2.05, 4.69) is 27.3 Å². The Kier molecular flexibility index (Phi) is 3.99. The standard InChI is InChI=1S/C16H23N3O2S/c1-12-6-4-9-16-17-13(11-19(12)16)10-18(2)14-7-5-8-15(14)22(3,20)21/h4,6,9,11,14-15H,5,7-8,10H2,1-3H3/t14-,15-/m0/s1. The van der Waals surface area contributed by atoms with E-state index in [1.807, 2.05) is 25.4 Å². The minimum Gasteiger partial charge on any atom is -0.304 e. The first-order valence-electron chi connectivity index (χ1n) is 7.69. The van der Waals surface area contributed by atoms with Crippen LogP contribution in [0.15, 0.2) is 24.4 Å². The second-order valence-electron chi connectivity index (χ2n) is 6.41. The monoisotopic (exact) mass is 321 g/mol. The third-order valence-corrected chi connectivity index (χ3v) is 6.34. The van der Waals surface area contributed by atoms with E-state index in [9.17, 15) is 8.42 Å². The molecule has 0 aliphatic heterocycles. The van der Waals surface area contributed by atoms with E-state index in [-0.39, 0.29) is 11.3 Å². The van der Waals surface area contributed by atoms with Crippen molar-refractivity contribution in [3.05, 3.63) is 35.8 Å². The molecular formula is C16H23N3O2S. The molecule has 1 aliphatic carbocycles. The van der Waals surface area contributed by atoms with E-state index < -0.39 is 9.84 Å². The van der Waals surface area contributed by atoms with E-state index >= 15 is 0 Å². The van der Waals surface area contributed by atoms with Crippen molar-refractivity contribution in [1.29, 1.82) is 0 Å². The zero-order chi connectivity index (χ0) is 15.9. The molecule has 2 heterocycles. The highest BCUT2D eigenvalue weighted by molar-refractivity contribution is 7.91. The maximum Gasteiger partial charge on any atom is 0.151 e. The molecule has 1 saturated carbocycles. The summed E-state index contributed by atoms with van der Waals surface area (Å²) in [6.07, 6.45) is 6.11. The van der Waals surface area contributed by atoms with Gasteiger partial charge in [-0.05, 0) is 38.9 Å². The van der Waals surface area contributed by atoms with E-state index in [0.717, 1.165) is 36.3 Å². The van der Waals surface area contributed by atoms with Gasteiger partial charge in [0.1, 0.15) is 5.65 Å². The van der Waals surface area contributed by atoms with Gasteiger partial charge in [-0.25, -0.2) is 13.4 Å². The zero-order valence-corrected chi connectivity index (χ0v) is 14.2. The lowest BCUT2D eigenvalue weighted by molar-refractivity contribution is 0.236. The van der Waals surface area contributed by atoms with E-state index in [4.69, 9.17) is 0 Å². The van der Waals surface area contributed by atoms with Gasteiger partial charge in [0.15, 0.2) is 9.84 Å². The van der Waals surface area contributed by atoms with Crippen molar-refractivity contribution in [2.24, 2.45) is 0 Å². The van der Waals surface area contributed by atoms with Crippen LogP contribution in [0, 0.1) is 6.92 Å². The summed E-state index contributed by atoms with van der Waals surface area (Å²) in [7, 11) is -0.983. The predicted molar refractivity (Wildman–Crippen MR) is 87.7 cm³/mol. The molecule has 0 aromatic carbocycles. The quantitative estimate of drug-likeness (QED) is 0.865. The highest BCUT2D eigenvalue weighted by atomic mass is 32.2. The first-order chi connectivity index (χ1) is 10.4. The van der Waals surface area contributed by atoms with Crippen LogP contribution >= 0.6 is 0 Å². The molecule has 0 amide bonds. The summed E-state index contributed by atoms with van der Waals surface area (Å²) in [6.45, 7) is 2.73. The zero-order valence-electron chi connectivity index (χ0n) is 13.4. The van der Waals surface area contributed by atoms with Gasteiger partial charge in [0.2, 0.25) is 0 Å². The molecule has 1 aliphatic rings. The van der Waals surface area contributed by atoms with Crippen molar-refractivity contribution in [3.63, 3.8) is 0 Å². The van der Waals surface area contributed by atoms with Crippen molar-refractivity contribution in [2.75, 3.05) is 13.3 Å². The van der Waals surface area contributed by atoms with E-state index in [0.29, 0.717) is 6.54 Å². The molecule has 0 N–H and O–H groups in total. The molecule has 22 heavy (non-hydrogen) atoms. The lowest BCUT2D eigenvalue weighted by Crippen LogP contribution is -2.40.